The second-order valence-electron chi connectivity index (χ2n) is 4.75. The van der Waals surface area contributed by atoms with Crippen molar-refractivity contribution < 1.29 is 9.47 Å². The van der Waals surface area contributed by atoms with Crippen LogP contribution in [0.4, 0.5) is 0 Å². The lowest BCUT2D eigenvalue weighted by atomic mass is 9.84. The molecule has 1 aliphatic carbocycles. The first-order valence-corrected chi connectivity index (χ1v) is 6.76. The Bertz CT molecular complexity index is 361. The summed E-state index contributed by atoms with van der Waals surface area (Å²) in [6.07, 6.45) is 4.41. The molecule has 1 aromatic rings. The van der Waals surface area contributed by atoms with Crippen LogP contribution in [0.25, 0.3) is 0 Å². The number of hydrogen-bond donors (Lipinski definition) is 0. The molecule has 1 saturated carbocycles. The predicted molar refractivity (Wildman–Crippen MR) is 62.7 cm³/mol. The van der Waals surface area contributed by atoms with Crippen LogP contribution in [-0.2, 0) is 9.47 Å². The maximum atomic E-state index is 5.74. The quantitative estimate of drug-likeness (QED) is 0.755. The van der Waals surface area contributed by atoms with Gasteiger partial charge in [0.05, 0.1) is 18.9 Å². The molecule has 1 aromatic heterocycles. The average molecular weight is 239 g/mol. The predicted octanol–water partition coefficient (Wildman–Crippen LogP) is 2.85. The molecule has 4 heteroatoms. The summed E-state index contributed by atoms with van der Waals surface area (Å²) < 4.78 is 15.8. The lowest BCUT2D eigenvalue weighted by molar-refractivity contribution is -0.178. The zero-order valence-electron chi connectivity index (χ0n) is 9.57. The monoisotopic (exact) mass is 239 g/mol. The third-order valence-corrected chi connectivity index (χ3v) is 4.65. The van der Waals surface area contributed by atoms with Crippen molar-refractivity contribution in [2.24, 2.45) is 0 Å². The number of rotatable bonds is 1. The molecule has 0 radical (unpaired) electrons. The van der Waals surface area contributed by atoms with Gasteiger partial charge in [-0.05, 0) is 43.3 Å². The van der Waals surface area contributed by atoms with E-state index in [1.807, 2.05) is 0 Å². The summed E-state index contributed by atoms with van der Waals surface area (Å²) >= 11 is 1.66. The molecular weight excluding hydrogens is 222 g/mol. The topological polar surface area (TPSA) is 31.4 Å². The molecule has 3 nitrogen and oxygen atoms in total. The van der Waals surface area contributed by atoms with Gasteiger partial charge in [-0.15, -0.1) is 0 Å². The van der Waals surface area contributed by atoms with Gasteiger partial charge >= 0.3 is 0 Å². The first-order valence-electron chi connectivity index (χ1n) is 5.99. The molecule has 0 unspecified atom stereocenters. The van der Waals surface area contributed by atoms with Crippen LogP contribution in [0.15, 0.2) is 6.07 Å². The zero-order valence-corrected chi connectivity index (χ0v) is 10.4. The number of aryl methyl sites for hydroxylation is 1. The summed E-state index contributed by atoms with van der Waals surface area (Å²) in [7, 11) is 0. The van der Waals surface area contributed by atoms with E-state index in [9.17, 15) is 0 Å². The Labute approximate surface area is 99.9 Å². The van der Waals surface area contributed by atoms with Crippen molar-refractivity contribution in [2.45, 2.75) is 44.3 Å². The van der Waals surface area contributed by atoms with Gasteiger partial charge in [0.2, 0.25) is 0 Å². The molecule has 1 aliphatic heterocycles. The van der Waals surface area contributed by atoms with Crippen molar-refractivity contribution >= 4 is 11.5 Å². The maximum absolute atomic E-state index is 5.74. The maximum Gasteiger partial charge on any atom is 0.168 e. The van der Waals surface area contributed by atoms with Crippen molar-refractivity contribution in [3.8, 4) is 0 Å². The van der Waals surface area contributed by atoms with E-state index in [4.69, 9.17) is 9.47 Å². The fourth-order valence-electron chi connectivity index (χ4n) is 2.70. The van der Waals surface area contributed by atoms with Crippen molar-refractivity contribution in [2.75, 3.05) is 13.2 Å². The normalized spacial score (nSPS) is 25.3. The highest BCUT2D eigenvalue weighted by atomic mass is 32.1. The largest absolute Gasteiger partial charge is 0.348 e. The van der Waals surface area contributed by atoms with E-state index in [0.717, 1.165) is 31.7 Å². The Kier molecular flexibility index (Phi) is 2.73. The number of ether oxygens (including phenoxy) is 2. The van der Waals surface area contributed by atoms with Gasteiger partial charge in [0.15, 0.2) is 5.79 Å². The lowest BCUT2D eigenvalue weighted by Gasteiger charge is -2.34. The summed E-state index contributed by atoms with van der Waals surface area (Å²) in [5.74, 6) is 0.445. The Morgan fingerprint density at radius 1 is 1.31 bits per heavy atom. The molecule has 2 heterocycles. The number of hydrogen-bond acceptors (Lipinski definition) is 4. The molecule has 1 spiro atoms. The van der Waals surface area contributed by atoms with Gasteiger partial charge in [-0.3, -0.25) is 0 Å². The SMILES string of the molecule is Cc1cc(C2CCC3(CC2)OCCO3)sn1. The standard InChI is InChI=1S/C12H17NO2S/c1-9-8-11(16-13-9)10-2-4-12(5-3-10)14-6-7-15-12/h8,10H,2-7H2,1H3. The fraction of sp³-hybridized carbons (Fsp3) is 0.750. The fourth-order valence-corrected chi connectivity index (χ4v) is 3.61. The highest BCUT2D eigenvalue weighted by molar-refractivity contribution is 7.05. The van der Waals surface area contributed by atoms with Gasteiger partial charge in [-0.2, -0.15) is 4.37 Å². The van der Waals surface area contributed by atoms with Gasteiger partial charge in [-0.25, -0.2) is 0 Å². The van der Waals surface area contributed by atoms with E-state index in [-0.39, 0.29) is 5.79 Å². The van der Waals surface area contributed by atoms with E-state index in [1.54, 1.807) is 11.5 Å². The molecule has 0 atom stereocenters. The van der Waals surface area contributed by atoms with Crippen LogP contribution in [0.2, 0.25) is 0 Å². The molecule has 0 bridgehead atoms. The molecule has 0 aromatic carbocycles. The number of nitrogens with zero attached hydrogens (tertiary/aromatic N) is 1. The Balaban J connectivity index is 1.66. The third-order valence-electron chi connectivity index (χ3n) is 3.61. The zero-order chi connectivity index (χ0) is 11.0. The highest BCUT2D eigenvalue weighted by Crippen LogP contribution is 2.43. The molecule has 2 aliphatic rings. The smallest absolute Gasteiger partial charge is 0.168 e. The van der Waals surface area contributed by atoms with Crippen LogP contribution in [-0.4, -0.2) is 23.4 Å². The van der Waals surface area contributed by atoms with E-state index < -0.39 is 0 Å². The van der Waals surface area contributed by atoms with Crippen LogP contribution < -0.4 is 0 Å². The molecule has 2 fully saturated rings. The van der Waals surface area contributed by atoms with Crippen LogP contribution >= 0.6 is 11.5 Å². The van der Waals surface area contributed by atoms with E-state index >= 15 is 0 Å². The Morgan fingerprint density at radius 2 is 2.00 bits per heavy atom. The molecule has 88 valence electrons. The summed E-state index contributed by atoms with van der Waals surface area (Å²) in [5.41, 5.74) is 1.15. The third kappa shape index (κ3) is 1.90. The van der Waals surface area contributed by atoms with Crippen LogP contribution in [0.3, 0.4) is 0 Å². The van der Waals surface area contributed by atoms with Crippen molar-refractivity contribution in [3.05, 3.63) is 16.6 Å². The Hall–Kier alpha value is -0.450. The minimum Gasteiger partial charge on any atom is -0.348 e. The second kappa shape index (κ2) is 4.09. The first kappa shape index (κ1) is 10.7. The molecule has 1 saturated heterocycles. The van der Waals surface area contributed by atoms with Gasteiger partial charge in [0.25, 0.3) is 0 Å². The van der Waals surface area contributed by atoms with Gasteiger partial charge in [0, 0.05) is 17.7 Å². The van der Waals surface area contributed by atoms with Crippen molar-refractivity contribution in [1.29, 1.82) is 0 Å². The summed E-state index contributed by atoms with van der Waals surface area (Å²) in [6, 6.07) is 2.23. The summed E-state index contributed by atoms with van der Waals surface area (Å²) in [4.78, 5) is 1.44. The van der Waals surface area contributed by atoms with Crippen LogP contribution in [0.1, 0.15) is 42.2 Å². The first-order chi connectivity index (χ1) is 7.77. The summed E-state index contributed by atoms with van der Waals surface area (Å²) in [5, 5.41) is 0. The van der Waals surface area contributed by atoms with Gasteiger partial charge in [0.1, 0.15) is 0 Å². The van der Waals surface area contributed by atoms with E-state index in [1.165, 1.54) is 17.7 Å². The Morgan fingerprint density at radius 3 is 2.56 bits per heavy atom. The molecule has 0 N–H and O–H groups in total. The number of aromatic nitrogens is 1. The van der Waals surface area contributed by atoms with Crippen molar-refractivity contribution in [3.63, 3.8) is 0 Å². The van der Waals surface area contributed by atoms with E-state index in [0.29, 0.717) is 5.92 Å². The van der Waals surface area contributed by atoms with E-state index in [2.05, 4.69) is 17.4 Å². The molecule has 3 rings (SSSR count). The van der Waals surface area contributed by atoms with Crippen molar-refractivity contribution in [1.82, 2.24) is 4.37 Å². The van der Waals surface area contributed by atoms with Gasteiger partial charge < -0.3 is 9.47 Å². The second-order valence-corrected chi connectivity index (χ2v) is 5.59. The van der Waals surface area contributed by atoms with Crippen LogP contribution in [0, 0.1) is 6.92 Å². The average Bonchev–Trinajstić information content (AvgIpc) is 2.90. The highest BCUT2D eigenvalue weighted by Gasteiger charge is 2.40. The summed E-state index contributed by atoms with van der Waals surface area (Å²) in [6.45, 7) is 3.60. The molecule has 16 heavy (non-hydrogen) atoms. The van der Waals surface area contributed by atoms with Gasteiger partial charge in [-0.1, -0.05) is 0 Å². The molecule has 0 amide bonds. The van der Waals surface area contributed by atoms with Crippen LogP contribution in [0.5, 0.6) is 0 Å². The molecular formula is C12H17NO2S. The minimum atomic E-state index is -0.226. The lowest BCUT2D eigenvalue weighted by Crippen LogP contribution is -2.34. The minimum absolute atomic E-state index is 0.226.